The van der Waals surface area contributed by atoms with Crippen molar-refractivity contribution >= 4 is 5.78 Å². The zero-order valence-electron chi connectivity index (χ0n) is 10.7. The lowest BCUT2D eigenvalue weighted by atomic mass is 10.0. The lowest BCUT2D eigenvalue weighted by Crippen LogP contribution is -2.01. The highest BCUT2D eigenvalue weighted by atomic mass is 16.5. The van der Waals surface area contributed by atoms with Gasteiger partial charge in [-0.3, -0.25) is 4.79 Å². The van der Waals surface area contributed by atoms with Crippen molar-refractivity contribution in [1.82, 2.24) is 0 Å². The van der Waals surface area contributed by atoms with Gasteiger partial charge >= 0.3 is 0 Å². The lowest BCUT2D eigenvalue weighted by molar-refractivity contribution is 0.103. The number of benzene rings is 2. The summed E-state index contributed by atoms with van der Waals surface area (Å²) in [5.41, 5.74) is 1.34. The van der Waals surface area contributed by atoms with Gasteiger partial charge < -0.3 is 4.74 Å². The van der Waals surface area contributed by atoms with Crippen molar-refractivity contribution < 1.29 is 9.53 Å². The molecule has 0 spiro atoms. The molecule has 0 fully saturated rings. The van der Waals surface area contributed by atoms with E-state index in [0.29, 0.717) is 23.5 Å². The molecule has 2 nitrogen and oxygen atoms in total. The van der Waals surface area contributed by atoms with Crippen LogP contribution in [0.15, 0.2) is 54.6 Å². The summed E-state index contributed by atoms with van der Waals surface area (Å²) in [5, 5.41) is 0. The zero-order valence-corrected chi connectivity index (χ0v) is 10.7. The van der Waals surface area contributed by atoms with Gasteiger partial charge in [-0.05, 0) is 31.2 Å². The van der Waals surface area contributed by atoms with Gasteiger partial charge in [0.15, 0.2) is 5.78 Å². The molecular weight excluding hydrogens is 236 g/mol. The topological polar surface area (TPSA) is 26.3 Å². The fraction of sp³-hybridized carbons (Fsp3) is 0.118. The van der Waals surface area contributed by atoms with E-state index < -0.39 is 0 Å². The molecule has 0 aliphatic heterocycles. The summed E-state index contributed by atoms with van der Waals surface area (Å²) >= 11 is 0. The maximum absolute atomic E-state index is 12.2. The minimum absolute atomic E-state index is 0.0144. The van der Waals surface area contributed by atoms with Crippen LogP contribution in [-0.2, 0) is 0 Å². The Hall–Kier alpha value is -2.53. The first-order valence-electron chi connectivity index (χ1n) is 6.03. The van der Waals surface area contributed by atoms with E-state index in [1.165, 1.54) is 0 Å². The highest BCUT2D eigenvalue weighted by Gasteiger charge is 2.07. The van der Waals surface area contributed by atoms with Crippen molar-refractivity contribution in [1.29, 1.82) is 0 Å². The van der Waals surface area contributed by atoms with E-state index in [0.717, 1.165) is 0 Å². The van der Waals surface area contributed by atoms with Crippen LogP contribution in [0.25, 0.3) is 0 Å². The standard InChI is InChI=1S/C17H14O2/c1-2-3-13-19-16-11-9-15(10-12-16)17(18)14-7-5-4-6-8-14/h4-12H,13H2,1H3. The zero-order chi connectivity index (χ0) is 13.5. The summed E-state index contributed by atoms with van der Waals surface area (Å²) in [5.74, 6) is 6.31. The normalized spacial score (nSPS) is 9.32. The second-order valence-electron chi connectivity index (χ2n) is 3.93. The Morgan fingerprint density at radius 2 is 1.63 bits per heavy atom. The van der Waals surface area contributed by atoms with Crippen molar-refractivity contribution in [3.05, 3.63) is 65.7 Å². The van der Waals surface area contributed by atoms with Crippen molar-refractivity contribution in [3.63, 3.8) is 0 Å². The summed E-state index contributed by atoms with van der Waals surface area (Å²) < 4.78 is 5.40. The molecule has 0 aliphatic rings. The van der Waals surface area contributed by atoms with Gasteiger partial charge in [0.05, 0.1) is 0 Å². The second kappa shape index (κ2) is 6.42. The second-order valence-corrected chi connectivity index (χ2v) is 3.93. The molecule has 0 atom stereocenters. The van der Waals surface area contributed by atoms with Crippen LogP contribution in [0.1, 0.15) is 22.8 Å². The van der Waals surface area contributed by atoms with Gasteiger partial charge in [0, 0.05) is 11.1 Å². The molecule has 19 heavy (non-hydrogen) atoms. The molecule has 0 N–H and O–H groups in total. The highest BCUT2D eigenvalue weighted by molar-refractivity contribution is 6.08. The summed E-state index contributed by atoms with van der Waals surface area (Å²) in [6.45, 7) is 2.13. The predicted molar refractivity (Wildman–Crippen MR) is 75.3 cm³/mol. The molecule has 2 heteroatoms. The quantitative estimate of drug-likeness (QED) is 0.614. The number of ketones is 1. The van der Waals surface area contributed by atoms with Crippen molar-refractivity contribution in [2.24, 2.45) is 0 Å². The number of ether oxygens (including phenoxy) is 1. The molecule has 2 rings (SSSR count). The van der Waals surface area contributed by atoms with E-state index in [1.54, 1.807) is 31.2 Å². The van der Waals surface area contributed by atoms with Gasteiger partial charge in [0.25, 0.3) is 0 Å². The minimum atomic E-state index is 0.0144. The third-order valence-corrected chi connectivity index (χ3v) is 2.64. The van der Waals surface area contributed by atoms with Crippen molar-refractivity contribution in [2.75, 3.05) is 6.61 Å². The molecular formula is C17H14O2. The van der Waals surface area contributed by atoms with Crippen LogP contribution in [-0.4, -0.2) is 12.4 Å². The smallest absolute Gasteiger partial charge is 0.193 e. The van der Waals surface area contributed by atoms with Crippen LogP contribution < -0.4 is 4.74 Å². The van der Waals surface area contributed by atoms with Gasteiger partial charge in [0.1, 0.15) is 12.4 Å². The molecule has 0 aromatic heterocycles. The van der Waals surface area contributed by atoms with Gasteiger partial charge in [-0.15, -0.1) is 5.92 Å². The Balaban J connectivity index is 2.09. The molecule has 2 aromatic rings. The number of carbonyl (C=O) groups is 1. The Kier molecular flexibility index (Phi) is 4.36. The summed E-state index contributed by atoms with van der Waals surface area (Å²) in [6, 6.07) is 16.3. The Morgan fingerprint density at radius 3 is 2.26 bits per heavy atom. The average molecular weight is 250 g/mol. The molecule has 0 radical (unpaired) electrons. The van der Waals surface area contributed by atoms with Gasteiger partial charge in [-0.25, -0.2) is 0 Å². The van der Waals surface area contributed by atoms with E-state index in [4.69, 9.17) is 4.74 Å². The first kappa shape index (κ1) is 12.9. The highest BCUT2D eigenvalue weighted by Crippen LogP contribution is 2.15. The third kappa shape index (κ3) is 3.46. The van der Waals surface area contributed by atoms with Crippen molar-refractivity contribution in [2.45, 2.75) is 6.92 Å². The number of rotatable bonds is 4. The summed E-state index contributed by atoms with van der Waals surface area (Å²) in [6.07, 6.45) is 0. The van der Waals surface area contributed by atoms with Gasteiger partial charge in [0.2, 0.25) is 0 Å². The van der Waals surface area contributed by atoms with E-state index in [1.807, 2.05) is 30.3 Å². The van der Waals surface area contributed by atoms with Crippen LogP contribution >= 0.6 is 0 Å². The molecule has 0 unspecified atom stereocenters. The Morgan fingerprint density at radius 1 is 1.00 bits per heavy atom. The maximum atomic E-state index is 12.2. The van der Waals surface area contributed by atoms with Crippen LogP contribution in [0, 0.1) is 11.8 Å². The first-order chi connectivity index (χ1) is 9.31. The third-order valence-electron chi connectivity index (χ3n) is 2.64. The van der Waals surface area contributed by atoms with E-state index >= 15 is 0 Å². The molecule has 0 saturated heterocycles. The van der Waals surface area contributed by atoms with E-state index in [9.17, 15) is 4.79 Å². The molecule has 94 valence electrons. The van der Waals surface area contributed by atoms with E-state index in [2.05, 4.69) is 11.8 Å². The monoisotopic (exact) mass is 250 g/mol. The van der Waals surface area contributed by atoms with Crippen LogP contribution in [0.5, 0.6) is 5.75 Å². The lowest BCUT2D eigenvalue weighted by Gasteiger charge is -2.04. The van der Waals surface area contributed by atoms with E-state index in [-0.39, 0.29) is 5.78 Å². The molecule has 2 aromatic carbocycles. The SMILES string of the molecule is CC#CCOc1ccc(C(=O)c2ccccc2)cc1. The van der Waals surface area contributed by atoms with Crippen LogP contribution in [0.3, 0.4) is 0 Å². The molecule has 0 saturated carbocycles. The van der Waals surface area contributed by atoms with Crippen LogP contribution in [0.2, 0.25) is 0 Å². The fourth-order valence-electron chi connectivity index (χ4n) is 1.65. The fourth-order valence-corrected chi connectivity index (χ4v) is 1.65. The van der Waals surface area contributed by atoms with Crippen LogP contribution in [0.4, 0.5) is 0 Å². The van der Waals surface area contributed by atoms with Gasteiger partial charge in [-0.2, -0.15) is 0 Å². The summed E-state index contributed by atoms with van der Waals surface area (Å²) in [4.78, 5) is 12.2. The molecule has 0 aliphatic carbocycles. The Labute approximate surface area is 113 Å². The molecule has 0 bridgehead atoms. The summed E-state index contributed by atoms with van der Waals surface area (Å²) in [7, 11) is 0. The Bertz CT molecular complexity index is 601. The molecule has 0 amide bonds. The van der Waals surface area contributed by atoms with Gasteiger partial charge in [-0.1, -0.05) is 36.3 Å². The number of hydrogen-bond acceptors (Lipinski definition) is 2. The minimum Gasteiger partial charge on any atom is -0.481 e. The largest absolute Gasteiger partial charge is 0.481 e. The number of hydrogen-bond donors (Lipinski definition) is 0. The first-order valence-corrected chi connectivity index (χ1v) is 6.03. The average Bonchev–Trinajstić information content (AvgIpc) is 2.48. The number of carbonyl (C=O) groups excluding carboxylic acids is 1. The molecule has 0 heterocycles. The maximum Gasteiger partial charge on any atom is 0.193 e. The predicted octanol–water partition coefficient (Wildman–Crippen LogP) is 3.32. The van der Waals surface area contributed by atoms with Crippen molar-refractivity contribution in [3.8, 4) is 17.6 Å².